The Balaban J connectivity index is 1.95. The first kappa shape index (κ1) is 10.9. The van der Waals surface area contributed by atoms with Crippen LogP contribution >= 0.6 is 0 Å². The second-order valence-electron chi connectivity index (χ2n) is 5.46. The molecule has 2 heterocycles. The summed E-state index contributed by atoms with van der Waals surface area (Å²) in [6, 6.07) is 0.674. The molecule has 2 saturated heterocycles. The molecule has 0 radical (unpaired) electrons. The minimum atomic E-state index is -0.610. The first-order valence-corrected chi connectivity index (χ1v) is 6.04. The maximum absolute atomic E-state index is 10.9. The van der Waals surface area contributed by atoms with Crippen molar-refractivity contribution >= 4 is 5.97 Å². The minimum absolute atomic E-state index is 0.118. The Bertz CT molecular complexity index is 252. The van der Waals surface area contributed by atoms with Crippen molar-refractivity contribution < 1.29 is 9.90 Å². The van der Waals surface area contributed by atoms with Gasteiger partial charge in [-0.25, -0.2) is 0 Å². The van der Waals surface area contributed by atoms with E-state index in [-0.39, 0.29) is 5.92 Å². The summed E-state index contributed by atoms with van der Waals surface area (Å²) in [4.78, 5) is 13.3. The van der Waals surface area contributed by atoms with Gasteiger partial charge in [-0.3, -0.25) is 9.69 Å². The van der Waals surface area contributed by atoms with Gasteiger partial charge >= 0.3 is 5.97 Å². The smallest absolute Gasteiger partial charge is 0.307 e. The van der Waals surface area contributed by atoms with E-state index in [0.29, 0.717) is 6.04 Å². The van der Waals surface area contributed by atoms with Crippen molar-refractivity contribution in [2.24, 2.45) is 17.8 Å². The lowest BCUT2D eigenvalue weighted by molar-refractivity contribution is -0.143. The number of fused-ring (bicyclic) bond motifs is 1. The first-order chi connectivity index (χ1) is 7.08. The number of carboxylic acid groups (broad SMARTS) is 1. The zero-order valence-electron chi connectivity index (χ0n) is 9.65. The van der Waals surface area contributed by atoms with Gasteiger partial charge in [-0.2, -0.15) is 0 Å². The summed E-state index contributed by atoms with van der Waals surface area (Å²) in [5.74, 6) is 0.787. The number of carboxylic acids is 1. The molecule has 0 bridgehead atoms. The molecule has 3 atom stereocenters. The molecule has 86 valence electrons. The van der Waals surface area contributed by atoms with Gasteiger partial charge in [-0.05, 0) is 31.1 Å². The molecular weight excluding hydrogens is 190 g/mol. The molecule has 0 aromatic heterocycles. The molecule has 1 N–H and O–H groups in total. The Morgan fingerprint density at radius 3 is 2.67 bits per heavy atom. The van der Waals surface area contributed by atoms with Crippen LogP contribution in [0.3, 0.4) is 0 Å². The van der Waals surface area contributed by atoms with Crippen LogP contribution in [0, 0.1) is 17.8 Å². The van der Waals surface area contributed by atoms with E-state index in [0.717, 1.165) is 37.8 Å². The SMILES string of the molecule is CC(C)C1CC2CCC(C(=O)O)CN2C1. The highest BCUT2D eigenvalue weighted by atomic mass is 16.4. The van der Waals surface area contributed by atoms with Gasteiger partial charge in [0.15, 0.2) is 0 Å². The van der Waals surface area contributed by atoms with Crippen LogP contribution in [0.25, 0.3) is 0 Å². The summed E-state index contributed by atoms with van der Waals surface area (Å²) in [7, 11) is 0. The van der Waals surface area contributed by atoms with Crippen LogP contribution in [0.1, 0.15) is 33.1 Å². The molecule has 0 saturated carbocycles. The summed E-state index contributed by atoms with van der Waals surface area (Å²) >= 11 is 0. The summed E-state index contributed by atoms with van der Waals surface area (Å²) < 4.78 is 0. The van der Waals surface area contributed by atoms with E-state index < -0.39 is 5.97 Å². The van der Waals surface area contributed by atoms with Gasteiger partial charge < -0.3 is 5.11 Å². The predicted molar refractivity (Wildman–Crippen MR) is 58.7 cm³/mol. The van der Waals surface area contributed by atoms with Gasteiger partial charge in [0, 0.05) is 19.1 Å². The van der Waals surface area contributed by atoms with Crippen molar-refractivity contribution in [1.82, 2.24) is 4.90 Å². The number of carbonyl (C=O) groups is 1. The average molecular weight is 211 g/mol. The summed E-state index contributed by atoms with van der Waals surface area (Å²) in [5, 5.41) is 9.01. The molecule has 0 aromatic carbocycles. The monoisotopic (exact) mass is 211 g/mol. The van der Waals surface area contributed by atoms with Gasteiger partial charge in [0.2, 0.25) is 0 Å². The van der Waals surface area contributed by atoms with E-state index in [1.807, 2.05) is 0 Å². The highest BCUT2D eigenvalue weighted by Gasteiger charge is 2.39. The third-order valence-electron chi connectivity index (χ3n) is 4.16. The van der Waals surface area contributed by atoms with Gasteiger partial charge in [0.25, 0.3) is 0 Å². The molecule has 3 heteroatoms. The average Bonchev–Trinajstić information content (AvgIpc) is 2.59. The van der Waals surface area contributed by atoms with Crippen molar-refractivity contribution in [3.8, 4) is 0 Å². The standard InChI is InChI=1S/C12H21NO2/c1-8(2)10-5-11-4-3-9(12(14)15)6-13(11)7-10/h8-11H,3-7H2,1-2H3,(H,14,15). The lowest BCUT2D eigenvalue weighted by Crippen LogP contribution is -2.41. The zero-order chi connectivity index (χ0) is 11.0. The quantitative estimate of drug-likeness (QED) is 0.757. The van der Waals surface area contributed by atoms with E-state index in [2.05, 4.69) is 18.7 Å². The molecule has 2 fully saturated rings. The Kier molecular flexibility index (Phi) is 3.01. The van der Waals surface area contributed by atoms with E-state index in [1.165, 1.54) is 6.42 Å². The predicted octanol–water partition coefficient (Wildman–Crippen LogP) is 1.83. The highest BCUT2D eigenvalue weighted by molar-refractivity contribution is 5.70. The first-order valence-electron chi connectivity index (χ1n) is 6.04. The van der Waals surface area contributed by atoms with Gasteiger partial charge in [-0.1, -0.05) is 13.8 Å². The molecular formula is C12H21NO2. The maximum Gasteiger partial charge on any atom is 0.307 e. The number of nitrogens with zero attached hydrogens (tertiary/aromatic N) is 1. The Labute approximate surface area is 91.5 Å². The van der Waals surface area contributed by atoms with E-state index >= 15 is 0 Å². The van der Waals surface area contributed by atoms with Gasteiger partial charge in [0.05, 0.1) is 5.92 Å². The normalized spacial score (nSPS) is 36.9. The fourth-order valence-electron chi connectivity index (χ4n) is 3.00. The third kappa shape index (κ3) is 2.17. The van der Waals surface area contributed by atoms with Crippen molar-refractivity contribution in [1.29, 1.82) is 0 Å². The number of piperidine rings is 1. The Morgan fingerprint density at radius 2 is 2.07 bits per heavy atom. The second-order valence-corrected chi connectivity index (χ2v) is 5.46. The lowest BCUT2D eigenvalue weighted by atomic mass is 9.90. The lowest BCUT2D eigenvalue weighted by Gasteiger charge is -2.32. The molecule has 2 aliphatic rings. The van der Waals surface area contributed by atoms with Crippen molar-refractivity contribution in [3.05, 3.63) is 0 Å². The fraction of sp³-hybridized carbons (Fsp3) is 0.917. The maximum atomic E-state index is 10.9. The molecule has 3 unspecified atom stereocenters. The van der Waals surface area contributed by atoms with E-state index in [4.69, 9.17) is 5.11 Å². The largest absolute Gasteiger partial charge is 0.481 e. The molecule has 15 heavy (non-hydrogen) atoms. The van der Waals surface area contributed by atoms with Crippen LogP contribution in [-0.2, 0) is 4.79 Å². The van der Waals surface area contributed by atoms with Crippen LogP contribution in [0.2, 0.25) is 0 Å². The van der Waals surface area contributed by atoms with Crippen molar-refractivity contribution in [3.63, 3.8) is 0 Å². The third-order valence-corrected chi connectivity index (χ3v) is 4.16. The molecule has 3 nitrogen and oxygen atoms in total. The van der Waals surface area contributed by atoms with Gasteiger partial charge in [0.1, 0.15) is 0 Å². The van der Waals surface area contributed by atoms with Crippen LogP contribution < -0.4 is 0 Å². The molecule has 0 aromatic rings. The summed E-state index contributed by atoms with van der Waals surface area (Å²) in [6.07, 6.45) is 3.24. The summed E-state index contributed by atoms with van der Waals surface area (Å²) in [5.41, 5.74) is 0. The minimum Gasteiger partial charge on any atom is -0.481 e. The van der Waals surface area contributed by atoms with Crippen LogP contribution in [0.4, 0.5) is 0 Å². The molecule has 2 aliphatic heterocycles. The van der Waals surface area contributed by atoms with Crippen LogP contribution in [-0.4, -0.2) is 35.1 Å². The zero-order valence-corrected chi connectivity index (χ0v) is 9.65. The molecule has 0 aliphatic carbocycles. The van der Waals surface area contributed by atoms with Crippen molar-refractivity contribution in [2.45, 2.75) is 39.2 Å². The van der Waals surface area contributed by atoms with Crippen LogP contribution in [0.5, 0.6) is 0 Å². The number of hydrogen-bond acceptors (Lipinski definition) is 2. The fourth-order valence-corrected chi connectivity index (χ4v) is 3.00. The van der Waals surface area contributed by atoms with E-state index in [9.17, 15) is 4.79 Å². The Hall–Kier alpha value is -0.570. The van der Waals surface area contributed by atoms with Crippen LogP contribution in [0.15, 0.2) is 0 Å². The van der Waals surface area contributed by atoms with E-state index in [1.54, 1.807) is 0 Å². The number of rotatable bonds is 2. The molecule has 0 spiro atoms. The number of aliphatic carboxylic acids is 1. The number of hydrogen-bond donors (Lipinski definition) is 1. The molecule has 2 rings (SSSR count). The molecule has 0 amide bonds. The topological polar surface area (TPSA) is 40.5 Å². The van der Waals surface area contributed by atoms with Gasteiger partial charge in [-0.15, -0.1) is 0 Å². The highest BCUT2D eigenvalue weighted by Crippen LogP contribution is 2.35. The summed E-state index contributed by atoms with van der Waals surface area (Å²) in [6.45, 7) is 6.45. The van der Waals surface area contributed by atoms with Crippen molar-refractivity contribution in [2.75, 3.05) is 13.1 Å². The second kappa shape index (κ2) is 4.12. The Morgan fingerprint density at radius 1 is 1.33 bits per heavy atom.